The Hall–Kier alpha value is -2.28. The van der Waals surface area contributed by atoms with Crippen molar-refractivity contribution in [2.75, 3.05) is 4.90 Å². The van der Waals surface area contributed by atoms with Crippen molar-refractivity contribution in [2.24, 2.45) is 5.92 Å². The number of hydrogen-bond donors (Lipinski definition) is 0. The van der Waals surface area contributed by atoms with Gasteiger partial charge in [0.15, 0.2) is 0 Å². The molecule has 3 rings (SSSR count). The molecule has 1 heteroatoms. The molecule has 0 aliphatic heterocycles. The van der Waals surface area contributed by atoms with Crippen molar-refractivity contribution in [1.82, 2.24) is 0 Å². The maximum absolute atomic E-state index is 2.33. The fourth-order valence-electron chi connectivity index (χ4n) is 2.67. The summed E-state index contributed by atoms with van der Waals surface area (Å²) in [5, 5.41) is 0. The minimum absolute atomic E-state index is 0.629. The van der Waals surface area contributed by atoms with Crippen molar-refractivity contribution in [3.8, 4) is 0 Å². The van der Waals surface area contributed by atoms with Crippen molar-refractivity contribution < 1.29 is 0 Å². The van der Waals surface area contributed by atoms with E-state index in [1.54, 1.807) is 0 Å². The average Bonchev–Trinajstić information content (AvgIpc) is 2.51. The van der Waals surface area contributed by atoms with Gasteiger partial charge < -0.3 is 4.90 Å². The predicted octanol–water partition coefficient (Wildman–Crippen LogP) is 5.61. The molecular formula is C20H21N. The summed E-state index contributed by atoms with van der Waals surface area (Å²) in [6.07, 6.45) is 7.96. The van der Waals surface area contributed by atoms with Gasteiger partial charge in [0.1, 0.15) is 0 Å². The molecule has 0 fully saturated rings. The topological polar surface area (TPSA) is 3.24 Å². The molecule has 0 N–H and O–H groups in total. The Morgan fingerprint density at radius 3 is 2.38 bits per heavy atom. The molecular weight excluding hydrogens is 254 g/mol. The quantitative estimate of drug-likeness (QED) is 0.703. The van der Waals surface area contributed by atoms with Gasteiger partial charge in [-0.2, -0.15) is 0 Å². The van der Waals surface area contributed by atoms with Crippen LogP contribution in [-0.4, -0.2) is 0 Å². The lowest BCUT2D eigenvalue weighted by atomic mass is 10.0. The third-order valence-electron chi connectivity index (χ3n) is 3.83. The zero-order valence-electron chi connectivity index (χ0n) is 12.7. The van der Waals surface area contributed by atoms with Crippen molar-refractivity contribution in [1.29, 1.82) is 0 Å². The molecule has 0 aromatic heterocycles. The van der Waals surface area contributed by atoms with Gasteiger partial charge in [0, 0.05) is 17.1 Å². The highest BCUT2D eigenvalue weighted by atomic mass is 15.1. The highest BCUT2D eigenvalue weighted by Gasteiger charge is 2.15. The van der Waals surface area contributed by atoms with E-state index in [1.807, 2.05) is 0 Å². The van der Waals surface area contributed by atoms with Crippen LogP contribution in [0, 0.1) is 12.8 Å². The van der Waals surface area contributed by atoms with E-state index >= 15 is 0 Å². The van der Waals surface area contributed by atoms with Crippen LogP contribution in [0.15, 0.2) is 78.5 Å². The van der Waals surface area contributed by atoms with Gasteiger partial charge in [0.05, 0.1) is 0 Å². The molecule has 0 bridgehead atoms. The number of benzene rings is 2. The molecule has 1 atom stereocenters. The Balaban J connectivity index is 2.06. The fourth-order valence-corrected chi connectivity index (χ4v) is 2.67. The molecule has 1 aliphatic rings. The van der Waals surface area contributed by atoms with Crippen LogP contribution in [0.5, 0.6) is 0 Å². The first-order valence-corrected chi connectivity index (χ1v) is 7.54. The number of anilines is 2. The number of allylic oxidation sites excluding steroid dienone is 3. The van der Waals surface area contributed by atoms with Gasteiger partial charge in [-0.25, -0.2) is 0 Å². The van der Waals surface area contributed by atoms with E-state index in [-0.39, 0.29) is 0 Å². The summed E-state index contributed by atoms with van der Waals surface area (Å²) in [5.41, 5.74) is 4.95. The van der Waals surface area contributed by atoms with E-state index in [4.69, 9.17) is 0 Å². The van der Waals surface area contributed by atoms with Crippen LogP contribution in [0.4, 0.5) is 11.4 Å². The van der Waals surface area contributed by atoms with Crippen molar-refractivity contribution in [3.63, 3.8) is 0 Å². The van der Waals surface area contributed by atoms with E-state index in [9.17, 15) is 0 Å². The third-order valence-corrected chi connectivity index (χ3v) is 3.83. The molecule has 0 radical (unpaired) electrons. The first kappa shape index (κ1) is 13.7. The van der Waals surface area contributed by atoms with E-state index in [1.165, 1.54) is 22.6 Å². The molecule has 0 saturated carbocycles. The summed E-state index contributed by atoms with van der Waals surface area (Å²) < 4.78 is 0. The van der Waals surface area contributed by atoms with Crippen LogP contribution in [0.1, 0.15) is 18.9 Å². The maximum Gasteiger partial charge on any atom is 0.0464 e. The fraction of sp³-hybridized carbons (Fsp3) is 0.200. The summed E-state index contributed by atoms with van der Waals surface area (Å²) in [4.78, 5) is 2.33. The molecule has 0 amide bonds. The molecule has 1 unspecified atom stereocenters. The van der Waals surface area contributed by atoms with E-state index in [2.05, 4.69) is 91.6 Å². The number of para-hydroxylation sites is 1. The van der Waals surface area contributed by atoms with Gasteiger partial charge in [0.25, 0.3) is 0 Å². The van der Waals surface area contributed by atoms with Gasteiger partial charge in [-0.15, -0.1) is 0 Å². The third kappa shape index (κ3) is 3.08. The molecule has 2 aromatic carbocycles. The molecule has 1 aliphatic carbocycles. The smallest absolute Gasteiger partial charge is 0.0464 e. The first-order valence-electron chi connectivity index (χ1n) is 7.54. The monoisotopic (exact) mass is 275 g/mol. The minimum atomic E-state index is 0.629. The Labute approximate surface area is 127 Å². The maximum atomic E-state index is 2.33. The van der Waals surface area contributed by atoms with Gasteiger partial charge in [-0.05, 0) is 55.2 Å². The van der Waals surface area contributed by atoms with Crippen LogP contribution < -0.4 is 4.90 Å². The summed E-state index contributed by atoms with van der Waals surface area (Å²) in [6.45, 7) is 4.39. The highest BCUT2D eigenvalue weighted by Crippen LogP contribution is 2.32. The van der Waals surface area contributed by atoms with Crippen LogP contribution >= 0.6 is 0 Å². The Bertz CT molecular complexity index is 667. The lowest BCUT2D eigenvalue weighted by Gasteiger charge is -2.28. The Morgan fingerprint density at radius 2 is 1.71 bits per heavy atom. The van der Waals surface area contributed by atoms with Crippen molar-refractivity contribution in [3.05, 3.63) is 84.1 Å². The molecule has 0 heterocycles. The second-order valence-electron chi connectivity index (χ2n) is 5.71. The van der Waals surface area contributed by atoms with Gasteiger partial charge in [0.2, 0.25) is 0 Å². The molecule has 2 aromatic rings. The predicted molar refractivity (Wildman–Crippen MR) is 90.8 cm³/mol. The summed E-state index contributed by atoms with van der Waals surface area (Å²) >= 11 is 0. The standard InChI is InChI=1S/C20H21N/c1-16-11-13-19(14-12-16)21(18-8-4-3-5-9-18)20-10-6-7-17(2)15-20/h3-11,13-16H,12H2,1-2H3. The summed E-state index contributed by atoms with van der Waals surface area (Å²) in [5.74, 6) is 0.629. The van der Waals surface area contributed by atoms with Gasteiger partial charge in [-0.1, -0.05) is 49.4 Å². The summed E-state index contributed by atoms with van der Waals surface area (Å²) in [7, 11) is 0. The number of hydrogen-bond acceptors (Lipinski definition) is 1. The highest BCUT2D eigenvalue weighted by molar-refractivity contribution is 5.70. The average molecular weight is 275 g/mol. The zero-order chi connectivity index (χ0) is 14.7. The van der Waals surface area contributed by atoms with E-state index in [0.29, 0.717) is 5.92 Å². The number of aryl methyl sites for hydroxylation is 1. The van der Waals surface area contributed by atoms with E-state index in [0.717, 1.165) is 6.42 Å². The van der Waals surface area contributed by atoms with Crippen LogP contribution in [0.3, 0.4) is 0 Å². The second kappa shape index (κ2) is 6.01. The van der Waals surface area contributed by atoms with Gasteiger partial charge in [-0.3, -0.25) is 0 Å². The molecule has 1 nitrogen and oxygen atoms in total. The van der Waals surface area contributed by atoms with Crippen LogP contribution in [0.25, 0.3) is 0 Å². The Morgan fingerprint density at radius 1 is 0.952 bits per heavy atom. The molecule has 21 heavy (non-hydrogen) atoms. The van der Waals surface area contributed by atoms with Crippen molar-refractivity contribution >= 4 is 11.4 Å². The summed E-state index contributed by atoms with van der Waals surface area (Å²) in [6, 6.07) is 19.2. The first-order chi connectivity index (χ1) is 10.2. The Kier molecular flexibility index (Phi) is 3.92. The van der Waals surface area contributed by atoms with Crippen LogP contribution in [-0.2, 0) is 0 Å². The SMILES string of the molecule is Cc1cccc(N(C2=CCC(C)C=C2)c2ccccc2)c1. The molecule has 106 valence electrons. The molecule has 0 saturated heterocycles. The number of nitrogens with zero attached hydrogens (tertiary/aromatic N) is 1. The lowest BCUT2D eigenvalue weighted by Crippen LogP contribution is -2.17. The normalized spacial score (nSPS) is 17.4. The van der Waals surface area contributed by atoms with Crippen LogP contribution in [0.2, 0.25) is 0 Å². The van der Waals surface area contributed by atoms with Crippen molar-refractivity contribution in [2.45, 2.75) is 20.3 Å². The van der Waals surface area contributed by atoms with Gasteiger partial charge >= 0.3 is 0 Å². The zero-order valence-corrected chi connectivity index (χ0v) is 12.7. The lowest BCUT2D eigenvalue weighted by molar-refractivity contribution is 0.728. The minimum Gasteiger partial charge on any atom is -0.311 e. The second-order valence-corrected chi connectivity index (χ2v) is 5.71. The number of rotatable bonds is 3. The van der Waals surface area contributed by atoms with E-state index < -0.39 is 0 Å². The largest absolute Gasteiger partial charge is 0.311 e. The molecule has 0 spiro atoms.